The van der Waals surface area contributed by atoms with Gasteiger partial charge in [0.25, 0.3) is 0 Å². The topological polar surface area (TPSA) is 61.2 Å². The van der Waals surface area contributed by atoms with Crippen LogP contribution in [0.1, 0.15) is 19.4 Å². The van der Waals surface area contributed by atoms with Gasteiger partial charge >= 0.3 is 0 Å². The van der Waals surface area contributed by atoms with Crippen LogP contribution in [0.2, 0.25) is 0 Å². The molecule has 1 N–H and O–H groups in total. The summed E-state index contributed by atoms with van der Waals surface area (Å²) >= 11 is 0. The lowest BCUT2D eigenvalue weighted by atomic mass is 10.2. The molecule has 1 aliphatic heterocycles. The van der Waals surface area contributed by atoms with Crippen molar-refractivity contribution < 1.29 is 4.74 Å². The maximum Gasteiger partial charge on any atom is 0.130 e. The lowest BCUT2D eigenvalue weighted by molar-refractivity contribution is -0.00521. The molecule has 0 aliphatic carbocycles. The molecule has 1 aromatic heterocycles. The molecule has 1 fully saturated rings. The predicted molar refractivity (Wildman–Crippen MR) is 90.9 cm³/mol. The number of morpholine rings is 1. The lowest BCUT2D eigenvalue weighted by Crippen LogP contribution is -2.45. The molecular formula is C18H20N4O. The third kappa shape index (κ3) is 3.79. The van der Waals surface area contributed by atoms with Crippen molar-refractivity contribution in [2.45, 2.75) is 26.1 Å². The van der Waals surface area contributed by atoms with Crippen LogP contribution in [-0.2, 0) is 4.74 Å². The summed E-state index contributed by atoms with van der Waals surface area (Å²) in [5.41, 5.74) is 2.73. The van der Waals surface area contributed by atoms with Gasteiger partial charge in [-0.2, -0.15) is 5.26 Å². The van der Waals surface area contributed by atoms with E-state index in [1.807, 2.05) is 12.1 Å². The van der Waals surface area contributed by atoms with Gasteiger partial charge in [-0.05, 0) is 50.2 Å². The van der Waals surface area contributed by atoms with Crippen LogP contribution in [-0.4, -0.2) is 30.3 Å². The number of pyridine rings is 1. The zero-order valence-corrected chi connectivity index (χ0v) is 13.4. The van der Waals surface area contributed by atoms with Gasteiger partial charge in [-0.1, -0.05) is 0 Å². The first kappa shape index (κ1) is 15.3. The number of nitrogens with one attached hydrogen (secondary N) is 1. The molecule has 1 aromatic carbocycles. The zero-order valence-electron chi connectivity index (χ0n) is 13.4. The number of benzene rings is 1. The van der Waals surface area contributed by atoms with Crippen molar-refractivity contribution in [3.8, 4) is 6.07 Å². The van der Waals surface area contributed by atoms with Crippen molar-refractivity contribution in [1.82, 2.24) is 4.98 Å². The van der Waals surface area contributed by atoms with Crippen LogP contribution in [0, 0.1) is 11.3 Å². The van der Waals surface area contributed by atoms with Gasteiger partial charge in [-0.25, -0.2) is 4.98 Å². The number of hydrogen-bond acceptors (Lipinski definition) is 5. The van der Waals surface area contributed by atoms with Crippen LogP contribution in [0.4, 0.5) is 17.2 Å². The molecule has 0 saturated carbocycles. The Hall–Kier alpha value is -2.58. The average molecular weight is 308 g/mol. The standard InChI is InChI=1S/C18H20N4O/c1-13-11-22(12-14(2)23-13)17-6-4-16(5-7-17)21-18-8-3-15(9-19)10-20-18/h3-8,10,13-14H,11-12H2,1-2H3,(H,20,21). The first-order valence-corrected chi connectivity index (χ1v) is 7.77. The molecule has 2 unspecified atom stereocenters. The first-order chi connectivity index (χ1) is 11.1. The van der Waals surface area contributed by atoms with Gasteiger partial charge in [0.1, 0.15) is 11.9 Å². The number of nitriles is 1. The Balaban J connectivity index is 1.68. The van der Waals surface area contributed by atoms with Crippen molar-refractivity contribution >= 4 is 17.2 Å². The van der Waals surface area contributed by atoms with E-state index in [1.165, 1.54) is 5.69 Å². The molecule has 2 aromatic rings. The number of ether oxygens (including phenoxy) is 1. The molecule has 5 nitrogen and oxygen atoms in total. The molecule has 0 radical (unpaired) electrons. The molecule has 118 valence electrons. The summed E-state index contributed by atoms with van der Waals surface area (Å²) in [6.07, 6.45) is 2.06. The summed E-state index contributed by atoms with van der Waals surface area (Å²) in [6.45, 7) is 6.03. The third-order valence-electron chi connectivity index (χ3n) is 3.82. The fourth-order valence-corrected chi connectivity index (χ4v) is 2.83. The van der Waals surface area contributed by atoms with Crippen LogP contribution in [0.15, 0.2) is 42.6 Å². The molecule has 23 heavy (non-hydrogen) atoms. The molecule has 0 amide bonds. The summed E-state index contributed by atoms with van der Waals surface area (Å²) in [5.74, 6) is 0.727. The molecule has 0 bridgehead atoms. The van der Waals surface area contributed by atoms with Crippen LogP contribution >= 0.6 is 0 Å². The Morgan fingerprint density at radius 1 is 1.13 bits per heavy atom. The average Bonchev–Trinajstić information content (AvgIpc) is 2.55. The molecule has 0 spiro atoms. The number of hydrogen-bond donors (Lipinski definition) is 1. The van der Waals surface area contributed by atoms with Gasteiger partial charge in [0, 0.05) is 30.7 Å². The van der Waals surface area contributed by atoms with E-state index in [1.54, 1.807) is 18.3 Å². The fraction of sp³-hybridized carbons (Fsp3) is 0.333. The van der Waals surface area contributed by atoms with Gasteiger partial charge in [-0.15, -0.1) is 0 Å². The highest BCUT2D eigenvalue weighted by Crippen LogP contribution is 2.23. The quantitative estimate of drug-likeness (QED) is 0.942. The van der Waals surface area contributed by atoms with Gasteiger partial charge in [0.15, 0.2) is 0 Å². The molecule has 5 heteroatoms. The second-order valence-corrected chi connectivity index (χ2v) is 5.88. The van der Waals surface area contributed by atoms with E-state index in [0.29, 0.717) is 5.56 Å². The maximum atomic E-state index is 8.79. The van der Waals surface area contributed by atoms with Crippen LogP contribution in [0.25, 0.3) is 0 Å². The van der Waals surface area contributed by atoms with Gasteiger partial charge in [0.2, 0.25) is 0 Å². The first-order valence-electron chi connectivity index (χ1n) is 7.77. The fourth-order valence-electron chi connectivity index (χ4n) is 2.83. The third-order valence-corrected chi connectivity index (χ3v) is 3.82. The van der Waals surface area contributed by atoms with Gasteiger partial charge < -0.3 is 15.0 Å². The smallest absolute Gasteiger partial charge is 0.130 e. The number of anilines is 3. The second kappa shape index (κ2) is 6.67. The molecule has 1 aliphatic rings. The molecule has 1 saturated heterocycles. The van der Waals surface area contributed by atoms with E-state index in [2.05, 4.69) is 47.3 Å². The van der Waals surface area contributed by atoms with Crippen LogP contribution in [0.3, 0.4) is 0 Å². The normalized spacial score (nSPS) is 20.8. The summed E-state index contributed by atoms with van der Waals surface area (Å²) < 4.78 is 5.77. The van der Waals surface area contributed by atoms with Crippen molar-refractivity contribution in [1.29, 1.82) is 5.26 Å². The van der Waals surface area contributed by atoms with E-state index in [4.69, 9.17) is 10.00 Å². The lowest BCUT2D eigenvalue weighted by Gasteiger charge is -2.36. The predicted octanol–water partition coefficient (Wildman–Crippen LogP) is 3.31. The highest BCUT2D eigenvalue weighted by atomic mass is 16.5. The minimum atomic E-state index is 0.249. The Bertz CT molecular complexity index is 680. The van der Waals surface area contributed by atoms with E-state index < -0.39 is 0 Å². The van der Waals surface area contributed by atoms with Crippen molar-refractivity contribution in [2.24, 2.45) is 0 Å². The molecule has 2 heterocycles. The van der Waals surface area contributed by atoms with Crippen LogP contribution < -0.4 is 10.2 Å². The molecule has 2 atom stereocenters. The summed E-state index contributed by atoms with van der Waals surface area (Å²) in [6, 6.07) is 13.9. The van der Waals surface area contributed by atoms with E-state index in [9.17, 15) is 0 Å². The largest absolute Gasteiger partial charge is 0.372 e. The summed E-state index contributed by atoms with van der Waals surface area (Å²) in [5, 5.41) is 12.0. The highest BCUT2D eigenvalue weighted by molar-refractivity contribution is 5.61. The Labute approximate surface area is 136 Å². The number of nitrogens with zero attached hydrogens (tertiary/aromatic N) is 3. The SMILES string of the molecule is CC1CN(c2ccc(Nc3ccc(C#N)cn3)cc2)CC(C)O1. The molecular weight excluding hydrogens is 288 g/mol. The van der Waals surface area contributed by atoms with Crippen LogP contribution in [0.5, 0.6) is 0 Å². The van der Waals surface area contributed by atoms with Crippen molar-refractivity contribution in [2.75, 3.05) is 23.3 Å². The zero-order chi connectivity index (χ0) is 16.2. The maximum absolute atomic E-state index is 8.79. The minimum Gasteiger partial charge on any atom is -0.372 e. The van der Waals surface area contributed by atoms with E-state index >= 15 is 0 Å². The van der Waals surface area contributed by atoms with Gasteiger partial charge in [-0.3, -0.25) is 0 Å². The van der Waals surface area contributed by atoms with Crippen molar-refractivity contribution in [3.05, 3.63) is 48.2 Å². The summed E-state index contributed by atoms with van der Waals surface area (Å²) in [7, 11) is 0. The second-order valence-electron chi connectivity index (χ2n) is 5.88. The monoisotopic (exact) mass is 308 g/mol. The molecule has 3 rings (SSSR count). The minimum absolute atomic E-state index is 0.249. The van der Waals surface area contributed by atoms with Gasteiger partial charge in [0.05, 0.1) is 17.8 Å². The Morgan fingerprint density at radius 3 is 2.39 bits per heavy atom. The van der Waals surface area contributed by atoms with Crippen molar-refractivity contribution in [3.63, 3.8) is 0 Å². The number of aromatic nitrogens is 1. The Kier molecular flexibility index (Phi) is 4.45. The Morgan fingerprint density at radius 2 is 1.83 bits per heavy atom. The number of rotatable bonds is 3. The highest BCUT2D eigenvalue weighted by Gasteiger charge is 2.22. The van der Waals surface area contributed by atoms with E-state index in [0.717, 1.165) is 24.6 Å². The summed E-state index contributed by atoms with van der Waals surface area (Å²) in [4.78, 5) is 6.57. The van der Waals surface area contributed by atoms with E-state index in [-0.39, 0.29) is 12.2 Å².